The van der Waals surface area contributed by atoms with Gasteiger partial charge in [0.1, 0.15) is 17.4 Å². The van der Waals surface area contributed by atoms with Crippen LogP contribution in [0.4, 0.5) is 18.9 Å². The van der Waals surface area contributed by atoms with E-state index < -0.39 is 17.9 Å². The minimum absolute atomic E-state index is 0.370. The van der Waals surface area contributed by atoms with Gasteiger partial charge in [-0.15, -0.1) is 13.2 Å². The van der Waals surface area contributed by atoms with E-state index in [4.69, 9.17) is 16.9 Å². The van der Waals surface area contributed by atoms with Crippen molar-refractivity contribution < 1.29 is 22.7 Å². The minimum Gasteiger partial charge on any atom is -0.405 e. The number of ketones is 1. The number of rotatable bonds is 5. The summed E-state index contributed by atoms with van der Waals surface area (Å²) in [6, 6.07) is 12.9. The van der Waals surface area contributed by atoms with Gasteiger partial charge in [0.05, 0.1) is 5.56 Å². The molecule has 0 heterocycles. The number of allylic oxidation sites excluding steroid dienone is 1. The van der Waals surface area contributed by atoms with Crippen LogP contribution in [0.3, 0.4) is 0 Å². The summed E-state index contributed by atoms with van der Waals surface area (Å²) < 4.78 is 41.1. The fourth-order valence-corrected chi connectivity index (χ4v) is 1.99. The number of anilines is 1. The molecule has 0 aliphatic rings. The van der Waals surface area contributed by atoms with E-state index in [1.807, 2.05) is 0 Å². The average Bonchev–Trinajstić information content (AvgIpc) is 2.56. The zero-order valence-corrected chi connectivity index (χ0v) is 13.2. The van der Waals surface area contributed by atoms with Crippen molar-refractivity contribution in [3.63, 3.8) is 0 Å². The molecule has 2 rings (SSSR count). The number of hydrogen-bond acceptors (Lipinski definition) is 4. The van der Waals surface area contributed by atoms with Gasteiger partial charge in [-0.3, -0.25) is 4.79 Å². The highest BCUT2D eigenvalue weighted by atomic mass is 35.5. The van der Waals surface area contributed by atoms with Gasteiger partial charge in [-0.1, -0.05) is 23.7 Å². The number of carbonyl (C=O) groups is 1. The first-order valence-corrected chi connectivity index (χ1v) is 7.20. The van der Waals surface area contributed by atoms with Crippen molar-refractivity contribution in [1.82, 2.24) is 0 Å². The Hall–Kier alpha value is -2.98. The molecule has 8 heteroatoms. The van der Waals surface area contributed by atoms with Crippen LogP contribution < -0.4 is 10.1 Å². The number of nitrogens with one attached hydrogen (secondary N) is 1. The van der Waals surface area contributed by atoms with Crippen molar-refractivity contribution in [2.45, 2.75) is 6.36 Å². The highest BCUT2D eigenvalue weighted by Crippen LogP contribution is 2.27. The third-order valence-electron chi connectivity index (χ3n) is 2.95. The van der Waals surface area contributed by atoms with Crippen LogP contribution in [0, 0.1) is 11.3 Å². The molecule has 0 fully saturated rings. The predicted octanol–water partition coefficient (Wildman–Crippen LogP) is 4.94. The number of nitriles is 1. The quantitative estimate of drug-likeness (QED) is 0.462. The number of Topliss-reactive ketones (excluding diaryl/α,β-unsaturated/α-hetero) is 1. The molecule has 2 aromatic carbocycles. The summed E-state index contributed by atoms with van der Waals surface area (Å²) in [5.74, 6) is -1.57. The van der Waals surface area contributed by atoms with Crippen molar-refractivity contribution in [3.05, 3.63) is 70.9 Å². The number of ether oxygens (including phenoxy) is 1. The zero-order chi connectivity index (χ0) is 18.4. The first-order chi connectivity index (χ1) is 11.8. The van der Waals surface area contributed by atoms with Gasteiger partial charge in [0.25, 0.3) is 0 Å². The van der Waals surface area contributed by atoms with E-state index in [2.05, 4.69) is 10.1 Å². The van der Waals surface area contributed by atoms with Crippen LogP contribution in [0.25, 0.3) is 0 Å². The molecule has 128 valence electrons. The lowest BCUT2D eigenvalue weighted by Crippen LogP contribution is -2.19. The molecule has 0 unspecified atom stereocenters. The molecule has 0 spiro atoms. The summed E-state index contributed by atoms with van der Waals surface area (Å²) in [4.78, 5) is 12.4. The molecular formula is C17H10ClF3N2O2. The van der Waals surface area contributed by atoms with Crippen molar-refractivity contribution in [2.75, 3.05) is 5.32 Å². The van der Waals surface area contributed by atoms with E-state index in [0.717, 1.165) is 18.3 Å². The second-order valence-electron chi connectivity index (χ2n) is 4.69. The summed E-state index contributed by atoms with van der Waals surface area (Å²) in [6.45, 7) is 0. The highest BCUT2D eigenvalue weighted by Gasteiger charge is 2.33. The van der Waals surface area contributed by atoms with Gasteiger partial charge in [-0.2, -0.15) is 5.26 Å². The normalized spacial score (nSPS) is 11.6. The van der Waals surface area contributed by atoms with Crippen LogP contribution >= 0.6 is 11.6 Å². The van der Waals surface area contributed by atoms with E-state index in [1.165, 1.54) is 12.1 Å². The molecule has 4 nitrogen and oxygen atoms in total. The van der Waals surface area contributed by atoms with Gasteiger partial charge in [-0.05, 0) is 36.4 Å². The predicted molar refractivity (Wildman–Crippen MR) is 86.2 cm³/mol. The van der Waals surface area contributed by atoms with Crippen molar-refractivity contribution >= 4 is 23.1 Å². The number of carbonyl (C=O) groups excluding carboxylic acids is 1. The Bertz CT molecular complexity index is 840. The monoisotopic (exact) mass is 366 g/mol. The Morgan fingerprint density at radius 3 is 2.40 bits per heavy atom. The number of hydrogen-bond donors (Lipinski definition) is 1. The number of nitrogens with zero attached hydrogens (tertiary/aromatic N) is 1. The molecule has 0 saturated heterocycles. The molecule has 0 aliphatic heterocycles. The largest absolute Gasteiger partial charge is 0.573 e. The Morgan fingerprint density at radius 2 is 1.80 bits per heavy atom. The molecule has 1 N–H and O–H groups in total. The van der Waals surface area contributed by atoms with Gasteiger partial charge in [0.2, 0.25) is 5.78 Å². The molecule has 0 aromatic heterocycles. The Labute approximate surface area is 146 Å². The molecule has 25 heavy (non-hydrogen) atoms. The lowest BCUT2D eigenvalue weighted by atomic mass is 10.0. The van der Waals surface area contributed by atoms with E-state index >= 15 is 0 Å². The van der Waals surface area contributed by atoms with Crippen molar-refractivity contribution in [3.8, 4) is 11.8 Å². The van der Waals surface area contributed by atoms with Gasteiger partial charge >= 0.3 is 6.36 Å². The van der Waals surface area contributed by atoms with Crippen LogP contribution in [0.1, 0.15) is 10.4 Å². The Balaban J connectivity index is 2.27. The van der Waals surface area contributed by atoms with E-state index in [9.17, 15) is 18.0 Å². The number of para-hydroxylation sites is 1. The summed E-state index contributed by atoms with van der Waals surface area (Å²) >= 11 is 5.75. The SMILES string of the molecule is N#CC(=CNc1ccc(Cl)cc1)C(=O)c1ccccc1OC(F)(F)F. The van der Waals surface area contributed by atoms with E-state index in [1.54, 1.807) is 30.3 Å². The fourth-order valence-electron chi connectivity index (χ4n) is 1.86. The van der Waals surface area contributed by atoms with Crippen LogP contribution in [-0.4, -0.2) is 12.1 Å². The number of halogens is 4. The fraction of sp³-hybridized carbons (Fsp3) is 0.0588. The molecule has 0 bridgehead atoms. The summed E-state index contributed by atoms with van der Waals surface area (Å²) in [6.07, 6.45) is -3.84. The lowest BCUT2D eigenvalue weighted by molar-refractivity contribution is -0.274. The molecule has 0 aliphatic carbocycles. The molecule has 0 atom stereocenters. The Morgan fingerprint density at radius 1 is 1.16 bits per heavy atom. The maximum absolute atomic E-state index is 12.4. The third kappa shape index (κ3) is 5.26. The van der Waals surface area contributed by atoms with E-state index in [-0.39, 0.29) is 11.1 Å². The van der Waals surface area contributed by atoms with Crippen LogP contribution in [0.15, 0.2) is 60.3 Å². The minimum atomic E-state index is -4.95. The lowest BCUT2D eigenvalue weighted by Gasteiger charge is -2.12. The molecule has 0 saturated carbocycles. The maximum atomic E-state index is 12.4. The van der Waals surface area contributed by atoms with Crippen LogP contribution in [0.2, 0.25) is 5.02 Å². The van der Waals surface area contributed by atoms with Gasteiger partial charge in [0.15, 0.2) is 0 Å². The first-order valence-electron chi connectivity index (χ1n) is 6.82. The molecule has 0 radical (unpaired) electrons. The number of benzene rings is 2. The number of alkyl halides is 3. The molecule has 2 aromatic rings. The van der Waals surface area contributed by atoms with Crippen molar-refractivity contribution in [2.24, 2.45) is 0 Å². The third-order valence-corrected chi connectivity index (χ3v) is 3.20. The topological polar surface area (TPSA) is 62.1 Å². The molecular weight excluding hydrogens is 357 g/mol. The highest BCUT2D eigenvalue weighted by molar-refractivity contribution is 6.30. The maximum Gasteiger partial charge on any atom is 0.573 e. The summed E-state index contributed by atoms with van der Waals surface area (Å²) in [5.41, 5.74) is -0.205. The van der Waals surface area contributed by atoms with Crippen LogP contribution in [0.5, 0.6) is 5.75 Å². The summed E-state index contributed by atoms with van der Waals surface area (Å²) in [7, 11) is 0. The average molecular weight is 367 g/mol. The zero-order valence-electron chi connectivity index (χ0n) is 12.5. The molecule has 0 amide bonds. The summed E-state index contributed by atoms with van der Waals surface area (Å²) in [5, 5.41) is 12.4. The Kier molecular flexibility index (Phi) is 5.67. The van der Waals surface area contributed by atoms with Crippen molar-refractivity contribution in [1.29, 1.82) is 5.26 Å². The second kappa shape index (κ2) is 7.73. The van der Waals surface area contributed by atoms with Crippen LogP contribution in [-0.2, 0) is 0 Å². The van der Waals surface area contributed by atoms with Gasteiger partial charge in [0, 0.05) is 16.9 Å². The van der Waals surface area contributed by atoms with Gasteiger partial charge in [-0.25, -0.2) is 0 Å². The smallest absolute Gasteiger partial charge is 0.405 e. The first kappa shape index (κ1) is 18.4. The second-order valence-corrected chi connectivity index (χ2v) is 5.13. The van der Waals surface area contributed by atoms with Gasteiger partial charge < -0.3 is 10.1 Å². The standard InChI is InChI=1S/C17H10ClF3N2O2/c18-12-5-7-13(8-6-12)23-10-11(9-22)16(24)14-3-1-2-4-15(14)25-17(19,20)21/h1-8,10,23H. The van der Waals surface area contributed by atoms with E-state index in [0.29, 0.717) is 10.7 Å².